The zero-order chi connectivity index (χ0) is 19.9. The number of hydrogen-bond acceptors (Lipinski definition) is 6. The minimum Gasteiger partial charge on any atom is -0.496 e. The Hall–Kier alpha value is -2.51. The fourth-order valence-corrected chi connectivity index (χ4v) is 5.08. The topological polar surface area (TPSA) is 63.2 Å². The Morgan fingerprint density at radius 3 is 2.57 bits per heavy atom. The molecule has 6 nitrogen and oxygen atoms in total. The molecular weight excluding hydrogens is 376 g/mol. The Morgan fingerprint density at radius 1 is 1.14 bits per heavy atom. The summed E-state index contributed by atoms with van der Waals surface area (Å²) in [7, 11) is -0.456. The molecule has 2 atom stereocenters. The van der Waals surface area contributed by atoms with E-state index in [0.29, 0.717) is 23.9 Å². The molecule has 0 aliphatic carbocycles. The average Bonchev–Trinajstić information content (AvgIpc) is 3.08. The lowest BCUT2D eigenvalue weighted by Crippen LogP contribution is -2.44. The molecule has 0 amide bonds. The first-order chi connectivity index (χ1) is 13.3. The number of methoxy groups -OCH3 is 1. The number of ether oxygens (including phenoxy) is 4. The monoisotopic (exact) mass is 400 g/mol. The second-order valence-electron chi connectivity index (χ2n) is 7.99. The van der Waals surface area contributed by atoms with E-state index in [1.165, 1.54) is 0 Å². The molecule has 0 bridgehead atoms. The van der Waals surface area contributed by atoms with Crippen LogP contribution in [-0.4, -0.2) is 27.7 Å². The van der Waals surface area contributed by atoms with Crippen LogP contribution in [0.2, 0.25) is 19.6 Å². The minimum atomic E-state index is -2.05. The highest BCUT2D eigenvalue weighted by Crippen LogP contribution is 2.56. The fourth-order valence-electron chi connectivity index (χ4n) is 3.72. The van der Waals surface area contributed by atoms with Gasteiger partial charge in [-0.2, -0.15) is 0 Å². The number of carbonyl (C=O) groups is 1. The Bertz CT molecular complexity index is 892. The van der Waals surface area contributed by atoms with Crippen molar-refractivity contribution in [3.63, 3.8) is 0 Å². The maximum Gasteiger partial charge on any atom is 0.312 e. The highest BCUT2D eigenvalue weighted by Gasteiger charge is 2.62. The average molecular weight is 401 g/mol. The van der Waals surface area contributed by atoms with Crippen molar-refractivity contribution in [3.05, 3.63) is 53.6 Å². The molecule has 0 aromatic heterocycles. The van der Waals surface area contributed by atoms with Gasteiger partial charge < -0.3 is 23.4 Å². The first-order valence-corrected chi connectivity index (χ1v) is 12.7. The van der Waals surface area contributed by atoms with Crippen LogP contribution < -0.4 is 14.2 Å². The van der Waals surface area contributed by atoms with Crippen molar-refractivity contribution in [3.8, 4) is 17.2 Å². The van der Waals surface area contributed by atoms with E-state index in [9.17, 15) is 4.79 Å². The standard InChI is InChI=1S/C21H24O6Si/c1-23-15-10-16(24-13-14-8-6-5-7-9-14)19-17(11-15)25-20-21(19,12-18(22)26-20)27-28(2,3)4/h5-11,20H,12-13H2,1-4H3. The molecule has 2 unspecified atom stereocenters. The van der Waals surface area contributed by atoms with Gasteiger partial charge in [0, 0.05) is 12.1 Å². The van der Waals surface area contributed by atoms with Crippen molar-refractivity contribution in [1.29, 1.82) is 0 Å². The predicted octanol–water partition coefficient (Wildman–Crippen LogP) is 3.99. The summed E-state index contributed by atoms with van der Waals surface area (Å²) in [5.74, 6) is 1.42. The van der Waals surface area contributed by atoms with Gasteiger partial charge in [-0.25, -0.2) is 0 Å². The van der Waals surface area contributed by atoms with Gasteiger partial charge in [-0.05, 0) is 25.2 Å². The summed E-state index contributed by atoms with van der Waals surface area (Å²) in [4.78, 5) is 12.1. The molecular formula is C21H24O6Si. The Morgan fingerprint density at radius 2 is 1.89 bits per heavy atom. The number of carbonyl (C=O) groups excluding carboxylic acids is 1. The van der Waals surface area contributed by atoms with Gasteiger partial charge in [0.15, 0.2) is 13.9 Å². The predicted molar refractivity (Wildman–Crippen MR) is 105 cm³/mol. The molecule has 148 valence electrons. The van der Waals surface area contributed by atoms with E-state index in [4.69, 9.17) is 23.4 Å². The van der Waals surface area contributed by atoms with Crippen molar-refractivity contribution in [1.82, 2.24) is 0 Å². The van der Waals surface area contributed by atoms with Crippen molar-refractivity contribution in [2.75, 3.05) is 7.11 Å². The summed E-state index contributed by atoms with van der Waals surface area (Å²) in [6, 6.07) is 13.5. The second-order valence-corrected chi connectivity index (χ2v) is 12.4. The van der Waals surface area contributed by atoms with Crippen LogP contribution in [0.25, 0.3) is 0 Å². The Balaban J connectivity index is 1.77. The lowest BCUT2D eigenvalue weighted by atomic mass is 9.92. The van der Waals surface area contributed by atoms with Gasteiger partial charge >= 0.3 is 5.97 Å². The van der Waals surface area contributed by atoms with Crippen molar-refractivity contribution in [2.45, 2.75) is 44.6 Å². The summed E-state index contributed by atoms with van der Waals surface area (Å²) in [6.45, 7) is 6.61. The minimum absolute atomic E-state index is 0.100. The molecule has 1 fully saturated rings. The normalized spacial score (nSPS) is 22.9. The zero-order valence-electron chi connectivity index (χ0n) is 16.5. The number of benzene rings is 2. The lowest BCUT2D eigenvalue weighted by Gasteiger charge is -2.33. The fraction of sp³-hybridized carbons (Fsp3) is 0.381. The quantitative estimate of drug-likeness (QED) is 0.540. The SMILES string of the molecule is COc1cc(OCc2ccccc2)c2c(c1)OC1OC(=O)CC21O[Si](C)(C)C. The molecule has 2 aromatic carbocycles. The third-order valence-electron chi connectivity index (χ3n) is 4.68. The van der Waals surface area contributed by atoms with Gasteiger partial charge in [-0.15, -0.1) is 0 Å². The number of rotatable bonds is 6. The van der Waals surface area contributed by atoms with Crippen LogP contribution in [0.4, 0.5) is 0 Å². The highest BCUT2D eigenvalue weighted by atomic mass is 28.4. The van der Waals surface area contributed by atoms with Crippen LogP contribution in [0.5, 0.6) is 17.2 Å². The summed E-state index contributed by atoms with van der Waals surface area (Å²) < 4.78 is 29.5. The van der Waals surface area contributed by atoms with Crippen molar-refractivity contribution >= 4 is 14.3 Å². The maximum atomic E-state index is 12.1. The smallest absolute Gasteiger partial charge is 0.312 e. The van der Waals surface area contributed by atoms with Crippen molar-refractivity contribution in [2.24, 2.45) is 0 Å². The number of hydrogen-bond donors (Lipinski definition) is 0. The third kappa shape index (κ3) is 3.36. The van der Waals surface area contributed by atoms with Gasteiger partial charge in [-0.3, -0.25) is 4.79 Å². The number of esters is 1. The van der Waals surface area contributed by atoms with Gasteiger partial charge in [-0.1, -0.05) is 30.3 Å². The zero-order valence-corrected chi connectivity index (χ0v) is 17.5. The van der Waals surface area contributed by atoms with E-state index in [-0.39, 0.29) is 12.4 Å². The van der Waals surface area contributed by atoms with Gasteiger partial charge in [0.2, 0.25) is 0 Å². The summed E-state index contributed by atoms with van der Waals surface area (Å²) in [6.07, 6.45) is -0.712. The molecule has 2 heterocycles. The van der Waals surface area contributed by atoms with Gasteiger partial charge in [0.25, 0.3) is 6.29 Å². The van der Waals surface area contributed by atoms with E-state index in [0.717, 1.165) is 11.1 Å². The molecule has 2 aromatic rings. The Labute approximate surface area is 165 Å². The van der Waals surface area contributed by atoms with Crippen LogP contribution >= 0.6 is 0 Å². The Kier molecular flexibility index (Phi) is 4.59. The first kappa shape index (κ1) is 18.8. The largest absolute Gasteiger partial charge is 0.496 e. The molecule has 4 rings (SSSR count). The van der Waals surface area contributed by atoms with Gasteiger partial charge in [0.05, 0.1) is 19.1 Å². The molecule has 0 radical (unpaired) electrons. The molecule has 1 saturated heterocycles. The van der Waals surface area contributed by atoms with Crippen LogP contribution in [-0.2, 0) is 26.2 Å². The summed E-state index contributed by atoms with van der Waals surface area (Å²) >= 11 is 0. The molecule has 2 aliphatic rings. The van der Waals surface area contributed by atoms with E-state index < -0.39 is 20.2 Å². The second kappa shape index (κ2) is 6.83. The molecule has 7 heteroatoms. The maximum absolute atomic E-state index is 12.1. The molecule has 0 spiro atoms. The summed E-state index contributed by atoms with van der Waals surface area (Å²) in [5, 5.41) is 0. The van der Waals surface area contributed by atoms with Crippen LogP contribution in [0.1, 0.15) is 17.5 Å². The third-order valence-corrected chi connectivity index (χ3v) is 5.66. The van der Waals surface area contributed by atoms with E-state index in [1.807, 2.05) is 36.4 Å². The molecule has 2 aliphatic heterocycles. The van der Waals surface area contributed by atoms with Crippen molar-refractivity contribution < 1.29 is 28.2 Å². The summed E-state index contributed by atoms with van der Waals surface area (Å²) in [5.41, 5.74) is 0.769. The van der Waals surface area contributed by atoms with E-state index >= 15 is 0 Å². The number of fused-ring (bicyclic) bond motifs is 3. The lowest BCUT2D eigenvalue weighted by molar-refractivity contribution is -0.157. The first-order valence-electron chi connectivity index (χ1n) is 9.26. The van der Waals surface area contributed by atoms with E-state index in [2.05, 4.69) is 19.6 Å². The van der Waals surface area contributed by atoms with E-state index in [1.54, 1.807) is 13.2 Å². The van der Waals surface area contributed by atoms with Gasteiger partial charge in [0.1, 0.15) is 23.9 Å². The molecule has 0 N–H and O–H groups in total. The molecule has 0 saturated carbocycles. The van der Waals surface area contributed by atoms with Crippen LogP contribution in [0, 0.1) is 0 Å². The van der Waals surface area contributed by atoms with Crippen LogP contribution in [0.15, 0.2) is 42.5 Å². The van der Waals surface area contributed by atoms with Crippen LogP contribution in [0.3, 0.4) is 0 Å². The molecule has 28 heavy (non-hydrogen) atoms. The highest BCUT2D eigenvalue weighted by molar-refractivity contribution is 6.69.